The quantitative estimate of drug-likeness (QED) is 0.308. The molecule has 10 nitrogen and oxygen atoms in total. The molecule has 0 saturated carbocycles. The van der Waals surface area contributed by atoms with E-state index in [2.05, 4.69) is 15.5 Å². The van der Waals surface area contributed by atoms with E-state index in [0.29, 0.717) is 16.5 Å². The summed E-state index contributed by atoms with van der Waals surface area (Å²) in [6.07, 6.45) is -0.363. The van der Waals surface area contributed by atoms with Gasteiger partial charge < -0.3 is 25.1 Å². The van der Waals surface area contributed by atoms with Gasteiger partial charge in [0, 0.05) is 7.05 Å². The second-order valence-corrected chi connectivity index (χ2v) is 9.94. The van der Waals surface area contributed by atoms with E-state index in [0.717, 1.165) is 22.6 Å². The van der Waals surface area contributed by atoms with Crippen LogP contribution < -0.4 is 15.8 Å². The molecule has 35 heavy (non-hydrogen) atoms. The van der Waals surface area contributed by atoms with Crippen LogP contribution in [0.3, 0.4) is 0 Å². The first-order valence-electron chi connectivity index (χ1n) is 10.7. The lowest BCUT2D eigenvalue weighted by molar-refractivity contribution is -0.113. The molecule has 2 aromatic heterocycles. The van der Waals surface area contributed by atoms with Gasteiger partial charge in [-0.3, -0.25) is 9.59 Å². The number of hydrogen-bond donors (Lipinski definition) is 2. The number of hydrogen-bond acceptors (Lipinski definition) is 9. The van der Waals surface area contributed by atoms with Crippen LogP contribution in [0.4, 0.5) is 5.00 Å². The van der Waals surface area contributed by atoms with E-state index in [-0.39, 0.29) is 39.8 Å². The summed E-state index contributed by atoms with van der Waals surface area (Å²) in [7, 11) is 1.79. The van der Waals surface area contributed by atoms with Crippen molar-refractivity contribution in [2.24, 2.45) is 12.8 Å². The summed E-state index contributed by atoms with van der Waals surface area (Å²) >= 11 is 2.13. The summed E-state index contributed by atoms with van der Waals surface area (Å²) in [5.74, 6) is -0.350. The van der Waals surface area contributed by atoms with Gasteiger partial charge in [0.05, 0.1) is 22.3 Å². The van der Waals surface area contributed by atoms with Crippen LogP contribution in [-0.4, -0.2) is 44.4 Å². The molecule has 2 heterocycles. The van der Waals surface area contributed by atoms with Crippen LogP contribution in [-0.2, 0) is 23.2 Å². The molecular weight excluding hydrogens is 490 g/mol. The molecule has 2 amide bonds. The number of anilines is 1. The van der Waals surface area contributed by atoms with E-state index in [4.69, 9.17) is 15.2 Å². The molecule has 3 N–H and O–H groups in total. The number of rotatable bonds is 10. The van der Waals surface area contributed by atoms with Gasteiger partial charge in [0.2, 0.25) is 5.91 Å². The maximum absolute atomic E-state index is 12.7. The van der Waals surface area contributed by atoms with Crippen molar-refractivity contribution in [1.29, 1.82) is 0 Å². The highest BCUT2D eigenvalue weighted by atomic mass is 32.2. The number of thiophene rings is 1. The number of ether oxygens (including phenoxy) is 2. The smallest absolute Gasteiger partial charge is 0.341 e. The molecule has 0 bridgehead atoms. The minimum absolute atomic E-state index is 0.00618. The highest BCUT2D eigenvalue weighted by molar-refractivity contribution is 7.99. The third-order valence-corrected chi connectivity index (χ3v) is 7.03. The van der Waals surface area contributed by atoms with Gasteiger partial charge in [-0.25, -0.2) is 4.79 Å². The SMILES string of the molecule is Cc1cccc(OCc2nnc(SCC(=O)Nc3sc(C(N)=O)c(C)c3C(=O)OC(C)C)n2C)c1. The van der Waals surface area contributed by atoms with Crippen LogP contribution in [0.1, 0.15) is 50.8 Å². The lowest BCUT2D eigenvalue weighted by Crippen LogP contribution is -2.18. The lowest BCUT2D eigenvalue weighted by Gasteiger charge is -2.10. The third kappa shape index (κ3) is 6.61. The molecule has 0 spiro atoms. The molecular formula is C23H27N5O5S2. The number of esters is 1. The van der Waals surface area contributed by atoms with Gasteiger partial charge in [-0.15, -0.1) is 21.5 Å². The molecule has 0 radical (unpaired) electrons. The molecule has 0 aliphatic carbocycles. The van der Waals surface area contributed by atoms with E-state index in [1.165, 1.54) is 11.8 Å². The number of nitrogens with two attached hydrogens (primary N) is 1. The predicted molar refractivity (Wildman–Crippen MR) is 134 cm³/mol. The molecule has 1 aromatic carbocycles. The largest absolute Gasteiger partial charge is 0.486 e. The van der Waals surface area contributed by atoms with E-state index in [9.17, 15) is 14.4 Å². The average molecular weight is 518 g/mol. The summed E-state index contributed by atoms with van der Waals surface area (Å²) in [5, 5.41) is 11.7. The molecule has 12 heteroatoms. The fraction of sp³-hybridized carbons (Fsp3) is 0.348. The molecule has 3 rings (SSSR count). The Morgan fingerprint density at radius 1 is 1.23 bits per heavy atom. The maximum atomic E-state index is 12.7. The number of aromatic nitrogens is 3. The van der Waals surface area contributed by atoms with Gasteiger partial charge in [0.25, 0.3) is 5.91 Å². The van der Waals surface area contributed by atoms with Crippen molar-refractivity contribution in [2.45, 2.75) is 45.6 Å². The van der Waals surface area contributed by atoms with E-state index in [1.54, 1.807) is 32.4 Å². The van der Waals surface area contributed by atoms with Gasteiger partial charge in [-0.05, 0) is 51.0 Å². The number of nitrogens with zero attached hydrogens (tertiary/aromatic N) is 3. The van der Waals surface area contributed by atoms with Crippen molar-refractivity contribution < 1.29 is 23.9 Å². The van der Waals surface area contributed by atoms with Gasteiger partial charge in [-0.1, -0.05) is 23.9 Å². The monoisotopic (exact) mass is 517 g/mol. The summed E-state index contributed by atoms with van der Waals surface area (Å²) in [6, 6.07) is 7.69. The number of nitrogens with one attached hydrogen (secondary N) is 1. The second-order valence-electron chi connectivity index (χ2n) is 7.98. The minimum atomic E-state index is -0.680. The number of amides is 2. The molecule has 186 valence electrons. The number of benzene rings is 1. The minimum Gasteiger partial charge on any atom is -0.486 e. The first kappa shape index (κ1) is 26.2. The standard InChI is InChI=1S/C23H27N5O5S2/c1-12(2)33-22(31)18-14(4)19(20(24)30)35-21(18)25-17(29)11-34-23-27-26-16(28(23)5)10-32-15-8-6-7-13(3)9-15/h6-9,12H,10-11H2,1-5H3,(H2,24,30)(H,25,29). The van der Waals surface area contributed by atoms with Crippen LogP contribution in [0.5, 0.6) is 5.75 Å². The van der Waals surface area contributed by atoms with Gasteiger partial charge in [-0.2, -0.15) is 0 Å². The zero-order valence-corrected chi connectivity index (χ0v) is 21.7. The zero-order chi connectivity index (χ0) is 25.7. The molecule has 0 atom stereocenters. The van der Waals surface area contributed by atoms with E-state index < -0.39 is 11.9 Å². The summed E-state index contributed by atoms with van der Waals surface area (Å²) in [5.41, 5.74) is 7.02. The van der Waals surface area contributed by atoms with Crippen molar-refractivity contribution in [2.75, 3.05) is 11.1 Å². The average Bonchev–Trinajstić information content (AvgIpc) is 3.29. The molecule has 0 unspecified atom stereocenters. The Morgan fingerprint density at radius 3 is 2.63 bits per heavy atom. The Bertz CT molecular complexity index is 1250. The Hall–Kier alpha value is -3.38. The summed E-state index contributed by atoms with van der Waals surface area (Å²) in [6.45, 7) is 7.23. The molecule has 3 aromatic rings. The van der Waals surface area contributed by atoms with Crippen molar-refractivity contribution in [3.05, 3.63) is 51.7 Å². The summed E-state index contributed by atoms with van der Waals surface area (Å²) < 4.78 is 12.8. The van der Waals surface area contributed by atoms with Crippen LogP contribution in [0.15, 0.2) is 29.4 Å². The van der Waals surface area contributed by atoms with E-state index >= 15 is 0 Å². The van der Waals surface area contributed by atoms with Crippen LogP contribution in [0.25, 0.3) is 0 Å². The summed E-state index contributed by atoms with van der Waals surface area (Å²) in [4.78, 5) is 37.2. The van der Waals surface area contributed by atoms with E-state index in [1.807, 2.05) is 31.2 Å². The highest BCUT2D eigenvalue weighted by Crippen LogP contribution is 2.34. The predicted octanol–water partition coefficient (Wildman–Crippen LogP) is 3.47. The Balaban J connectivity index is 1.65. The van der Waals surface area contributed by atoms with Gasteiger partial charge >= 0.3 is 5.97 Å². The topological polar surface area (TPSA) is 138 Å². The second kappa shape index (κ2) is 11.4. The molecule has 0 aliphatic heterocycles. The number of primary amides is 1. The van der Waals surface area contributed by atoms with Crippen LogP contribution >= 0.6 is 23.1 Å². The van der Waals surface area contributed by atoms with Crippen molar-refractivity contribution >= 4 is 45.9 Å². The Kier molecular flexibility index (Phi) is 8.52. The third-order valence-electron chi connectivity index (χ3n) is 4.79. The molecule has 0 saturated heterocycles. The van der Waals surface area contributed by atoms with Crippen molar-refractivity contribution in [1.82, 2.24) is 14.8 Å². The normalized spacial score (nSPS) is 10.9. The molecule has 0 aliphatic rings. The number of thioether (sulfide) groups is 1. The maximum Gasteiger partial charge on any atom is 0.341 e. The van der Waals surface area contributed by atoms with Gasteiger partial charge in [0.1, 0.15) is 17.4 Å². The lowest BCUT2D eigenvalue weighted by atomic mass is 10.1. The zero-order valence-electron chi connectivity index (χ0n) is 20.1. The fourth-order valence-corrected chi connectivity index (χ4v) is 4.89. The first-order chi connectivity index (χ1) is 16.6. The van der Waals surface area contributed by atoms with Crippen molar-refractivity contribution in [3.63, 3.8) is 0 Å². The fourth-order valence-electron chi connectivity index (χ4n) is 3.10. The Labute approximate surface area is 211 Å². The number of aryl methyl sites for hydroxylation is 1. The van der Waals surface area contributed by atoms with Crippen LogP contribution in [0, 0.1) is 13.8 Å². The van der Waals surface area contributed by atoms with Crippen molar-refractivity contribution in [3.8, 4) is 5.75 Å². The molecule has 0 fully saturated rings. The number of carbonyl (C=O) groups excluding carboxylic acids is 3. The van der Waals surface area contributed by atoms with Gasteiger partial charge in [0.15, 0.2) is 11.0 Å². The van der Waals surface area contributed by atoms with Crippen LogP contribution in [0.2, 0.25) is 0 Å². The number of carbonyl (C=O) groups is 3. The highest BCUT2D eigenvalue weighted by Gasteiger charge is 2.26. The first-order valence-corrected chi connectivity index (χ1v) is 12.5. The Morgan fingerprint density at radius 2 is 1.97 bits per heavy atom.